The molecule has 0 unspecified atom stereocenters. The van der Waals surface area contributed by atoms with Gasteiger partial charge in [0, 0.05) is 7.05 Å². The highest BCUT2D eigenvalue weighted by atomic mass is 32.2. The largest absolute Gasteiger partial charge is 0.485 e. The molecule has 0 spiro atoms. The SMILES string of the molecule is Cn1c(CNC(=O)[C@H]2COc3ccccc3O2)nc2cc(NS(C)(=O)=O)ccc21. The number of hydrogen-bond acceptors (Lipinski definition) is 6. The number of anilines is 1. The van der Waals surface area contributed by atoms with Gasteiger partial charge < -0.3 is 19.4 Å². The number of hydrogen-bond donors (Lipinski definition) is 2. The molecule has 4 rings (SSSR count). The first kappa shape index (κ1) is 19.1. The van der Waals surface area contributed by atoms with Crippen LogP contribution >= 0.6 is 0 Å². The summed E-state index contributed by atoms with van der Waals surface area (Å²) in [6.45, 7) is 0.326. The zero-order valence-corrected chi connectivity index (χ0v) is 16.7. The molecule has 2 aromatic carbocycles. The lowest BCUT2D eigenvalue weighted by atomic mass is 10.2. The highest BCUT2D eigenvalue weighted by Crippen LogP contribution is 2.30. The maximum Gasteiger partial charge on any atom is 0.265 e. The Hall–Kier alpha value is -3.27. The molecule has 152 valence electrons. The van der Waals surface area contributed by atoms with Crippen molar-refractivity contribution in [2.45, 2.75) is 12.6 Å². The molecule has 0 fully saturated rings. The van der Waals surface area contributed by atoms with Crippen LogP contribution < -0.4 is 19.5 Å². The Bertz CT molecular complexity index is 1190. The molecule has 3 aromatic rings. The first-order chi connectivity index (χ1) is 13.8. The smallest absolute Gasteiger partial charge is 0.265 e. The van der Waals surface area contributed by atoms with Gasteiger partial charge in [0.2, 0.25) is 16.1 Å². The third-order valence-corrected chi connectivity index (χ3v) is 5.10. The van der Waals surface area contributed by atoms with Gasteiger partial charge in [0.25, 0.3) is 5.91 Å². The van der Waals surface area contributed by atoms with Gasteiger partial charge >= 0.3 is 0 Å². The minimum atomic E-state index is -3.37. The molecule has 0 radical (unpaired) electrons. The van der Waals surface area contributed by atoms with Crippen molar-refractivity contribution in [2.24, 2.45) is 7.05 Å². The van der Waals surface area contributed by atoms with E-state index >= 15 is 0 Å². The van der Waals surface area contributed by atoms with Crippen LogP contribution in [0.3, 0.4) is 0 Å². The number of para-hydroxylation sites is 2. The van der Waals surface area contributed by atoms with E-state index in [1.54, 1.807) is 30.3 Å². The monoisotopic (exact) mass is 416 g/mol. The molecule has 10 heteroatoms. The number of benzene rings is 2. The van der Waals surface area contributed by atoms with E-state index in [1.807, 2.05) is 23.7 Å². The summed E-state index contributed by atoms with van der Waals surface area (Å²) in [7, 11) is -1.54. The molecule has 9 nitrogen and oxygen atoms in total. The molecule has 1 atom stereocenters. The van der Waals surface area contributed by atoms with Crippen LogP contribution in [0.5, 0.6) is 11.5 Å². The van der Waals surface area contributed by atoms with Gasteiger partial charge in [0.05, 0.1) is 29.5 Å². The number of nitrogens with zero attached hydrogens (tertiary/aromatic N) is 2. The minimum absolute atomic E-state index is 0.131. The highest BCUT2D eigenvalue weighted by molar-refractivity contribution is 7.92. The van der Waals surface area contributed by atoms with Crippen molar-refractivity contribution < 1.29 is 22.7 Å². The van der Waals surface area contributed by atoms with Crippen molar-refractivity contribution in [3.63, 3.8) is 0 Å². The van der Waals surface area contributed by atoms with Crippen LogP contribution in [-0.2, 0) is 28.4 Å². The second-order valence-corrected chi connectivity index (χ2v) is 8.50. The van der Waals surface area contributed by atoms with Gasteiger partial charge in [0.1, 0.15) is 12.4 Å². The Morgan fingerprint density at radius 3 is 2.76 bits per heavy atom. The molecule has 1 aromatic heterocycles. The molecule has 1 aliphatic rings. The van der Waals surface area contributed by atoms with E-state index in [0.717, 1.165) is 11.8 Å². The average Bonchev–Trinajstić information content (AvgIpc) is 2.99. The number of fused-ring (bicyclic) bond motifs is 2. The first-order valence-electron chi connectivity index (χ1n) is 8.89. The molecular formula is C19H20N4O5S. The molecule has 1 aliphatic heterocycles. The zero-order valence-electron chi connectivity index (χ0n) is 15.9. The Morgan fingerprint density at radius 1 is 1.24 bits per heavy atom. The summed E-state index contributed by atoms with van der Waals surface area (Å²) < 4.78 is 38.4. The summed E-state index contributed by atoms with van der Waals surface area (Å²) in [6.07, 6.45) is 0.344. The minimum Gasteiger partial charge on any atom is -0.485 e. The number of sulfonamides is 1. The van der Waals surface area contributed by atoms with Crippen LogP contribution in [0.1, 0.15) is 5.82 Å². The van der Waals surface area contributed by atoms with Crippen molar-refractivity contribution >= 4 is 32.7 Å². The van der Waals surface area contributed by atoms with Gasteiger partial charge in [0.15, 0.2) is 11.5 Å². The molecule has 2 N–H and O–H groups in total. The van der Waals surface area contributed by atoms with E-state index < -0.39 is 16.1 Å². The van der Waals surface area contributed by atoms with Crippen molar-refractivity contribution in [1.82, 2.24) is 14.9 Å². The van der Waals surface area contributed by atoms with Crippen molar-refractivity contribution in [2.75, 3.05) is 17.6 Å². The van der Waals surface area contributed by atoms with E-state index in [-0.39, 0.29) is 19.1 Å². The summed E-state index contributed by atoms with van der Waals surface area (Å²) >= 11 is 0. The average molecular weight is 416 g/mol. The second kappa shape index (κ2) is 7.28. The Morgan fingerprint density at radius 2 is 2.00 bits per heavy atom. The van der Waals surface area contributed by atoms with Gasteiger partial charge in [-0.25, -0.2) is 13.4 Å². The Labute approximate surface area is 167 Å². The fourth-order valence-corrected chi connectivity index (χ4v) is 3.67. The van der Waals surface area contributed by atoms with Gasteiger partial charge in [-0.1, -0.05) is 12.1 Å². The third kappa shape index (κ3) is 4.11. The quantitative estimate of drug-likeness (QED) is 0.650. The topological polar surface area (TPSA) is 112 Å². The molecule has 0 saturated heterocycles. The Balaban J connectivity index is 1.45. The number of aromatic nitrogens is 2. The number of aryl methyl sites for hydroxylation is 1. The number of nitrogens with one attached hydrogen (secondary N) is 2. The number of rotatable bonds is 5. The number of carbonyl (C=O) groups is 1. The predicted molar refractivity (Wildman–Crippen MR) is 107 cm³/mol. The molecular weight excluding hydrogens is 396 g/mol. The standard InChI is InChI=1S/C19H20N4O5S/c1-23-14-8-7-12(22-29(2,25)26)9-13(14)21-18(23)10-20-19(24)17-11-27-15-5-3-4-6-16(15)28-17/h3-9,17,22H,10-11H2,1-2H3,(H,20,24)/t17-/m1/s1. The summed E-state index contributed by atoms with van der Waals surface area (Å²) in [5.41, 5.74) is 1.87. The molecule has 0 aliphatic carbocycles. The van der Waals surface area contributed by atoms with Gasteiger partial charge in [-0.15, -0.1) is 0 Å². The van der Waals surface area contributed by atoms with Crippen LogP contribution in [0.4, 0.5) is 5.69 Å². The third-order valence-electron chi connectivity index (χ3n) is 4.50. The van der Waals surface area contributed by atoms with E-state index in [0.29, 0.717) is 28.5 Å². The van der Waals surface area contributed by atoms with Crippen molar-refractivity contribution in [3.05, 3.63) is 48.3 Å². The van der Waals surface area contributed by atoms with E-state index in [1.165, 1.54) is 0 Å². The number of amides is 1. The summed E-state index contributed by atoms with van der Waals surface area (Å²) in [5.74, 6) is 1.48. The lowest BCUT2D eigenvalue weighted by Gasteiger charge is -2.25. The summed E-state index contributed by atoms with van der Waals surface area (Å²) in [4.78, 5) is 17.0. The predicted octanol–water partition coefficient (Wildman–Crippen LogP) is 1.40. The van der Waals surface area contributed by atoms with E-state index in [4.69, 9.17) is 9.47 Å². The molecule has 0 bridgehead atoms. The fourth-order valence-electron chi connectivity index (χ4n) is 3.11. The van der Waals surface area contributed by atoms with Gasteiger partial charge in [-0.05, 0) is 30.3 Å². The normalized spacial score (nSPS) is 15.9. The van der Waals surface area contributed by atoms with E-state index in [2.05, 4.69) is 15.0 Å². The first-order valence-corrected chi connectivity index (χ1v) is 10.8. The fraction of sp³-hybridized carbons (Fsp3) is 0.263. The number of ether oxygens (including phenoxy) is 2. The maximum absolute atomic E-state index is 12.5. The number of imidazole rings is 1. The van der Waals surface area contributed by atoms with Gasteiger partial charge in [-0.2, -0.15) is 0 Å². The molecule has 0 saturated carbocycles. The van der Waals surface area contributed by atoms with Crippen LogP contribution in [0.15, 0.2) is 42.5 Å². The van der Waals surface area contributed by atoms with E-state index in [9.17, 15) is 13.2 Å². The van der Waals surface area contributed by atoms with Crippen LogP contribution in [0, 0.1) is 0 Å². The van der Waals surface area contributed by atoms with Crippen LogP contribution in [0.25, 0.3) is 11.0 Å². The van der Waals surface area contributed by atoms with Crippen molar-refractivity contribution in [3.8, 4) is 11.5 Å². The van der Waals surface area contributed by atoms with Crippen LogP contribution in [0.2, 0.25) is 0 Å². The van der Waals surface area contributed by atoms with Crippen molar-refractivity contribution in [1.29, 1.82) is 0 Å². The summed E-state index contributed by atoms with van der Waals surface area (Å²) in [6, 6.07) is 12.3. The maximum atomic E-state index is 12.5. The molecule has 29 heavy (non-hydrogen) atoms. The number of carbonyl (C=O) groups excluding carboxylic acids is 1. The second-order valence-electron chi connectivity index (χ2n) is 6.75. The zero-order chi connectivity index (χ0) is 20.6. The van der Waals surface area contributed by atoms with Gasteiger partial charge in [-0.3, -0.25) is 9.52 Å². The summed E-state index contributed by atoms with van der Waals surface area (Å²) in [5, 5.41) is 2.82. The van der Waals surface area contributed by atoms with Crippen LogP contribution in [-0.4, -0.2) is 42.8 Å². The Kier molecular flexibility index (Phi) is 4.79. The highest BCUT2D eigenvalue weighted by Gasteiger charge is 2.27. The molecule has 2 heterocycles. The lowest BCUT2D eigenvalue weighted by Crippen LogP contribution is -2.43. The lowest BCUT2D eigenvalue weighted by molar-refractivity contribution is -0.130. The molecule has 1 amide bonds.